The Labute approximate surface area is 110 Å². The van der Waals surface area contributed by atoms with Crippen molar-refractivity contribution in [2.24, 2.45) is 7.05 Å². The van der Waals surface area contributed by atoms with E-state index in [9.17, 15) is 9.90 Å². The number of aryl methyl sites for hydroxylation is 1. The van der Waals surface area contributed by atoms with E-state index in [0.717, 1.165) is 11.2 Å². The van der Waals surface area contributed by atoms with Gasteiger partial charge in [-0.25, -0.2) is 4.79 Å². The molecule has 0 saturated carbocycles. The van der Waals surface area contributed by atoms with Crippen LogP contribution in [0.25, 0.3) is 11.1 Å². The number of likely N-dealkylation sites (N-methyl/N-ethyl adjacent to an activating group) is 1. The molecule has 0 aliphatic carbocycles. The summed E-state index contributed by atoms with van der Waals surface area (Å²) >= 11 is 0. The van der Waals surface area contributed by atoms with Crippen LogP contribution in [0.15, 0.2) is 27.4 Å². The highest BCUT2D eigenvalue weighted by Gasteiger charge is 2.15. The number of benzene rings is 1. The first kappa shape index (κ1) is 13.6. The van der Waals surface area contributed by atoms with Crippen LogP contribution < -0.4 is 10.7 Å². The molecule has 2 aromatic rings. The smallest absolute Gasteiger partial charge is 0.408 e. The number of nitrogens with zero attached hydrogens (tertiary/aromatic N) is 2. The van der Waals surface area contributed by atoms with Gasteiger partial charge in [0.25, 0.3) is 0 Å². The maximum Gasteiger partial charge on any atom is 0.419 e. The van der Waals surface area contributed by atoms with Gasteiger partial charge >= 0.3 is 5.76 Å². The monoisotopic (exact) mass is 266 g/mol. The zero-order valence-corrected chi connectivity index (χ0v) is 11.0. The highest BCUT2D eigenvalue weighted by atomic mass is 16.4. The summed E-state index contributed by atoms with van der Waals surface area (Å²) in [5.41, 5.74) is 2.07. The van der Waals surface area contributed by atoms with Crippen LogP contribution in [0, 0.1) is 0 Å². The molecule has 6 heteroatoms. The second-order valence-electron chi connectivity index (χ2n) is 4.54. The van der Waals surface area contributed by atoms with E-state index in [0.29, 0.717) is 12.0 Å². The van der Waals surface area contributed by atoms with Crippen LogP contribution in [0.2, 0.25) is 0 Å². The van der Waals surface area contributed by atoms with E-state index < -0.39 is 5.76 Å². The van der Waals surface area contributed by atoms with Crippen molar-refractivity contribution in [3.8, 4) is 0 Å². The van der Waals surface area contributed by atoms with Gasteiger partial charge in [0, 0.05) is 32.5 Å². The lowest BCUT2D eigenvalue weighted by Crippen LogP contribution is -2.35. The topological polar surface area (TPSA) is 78.8 Å². The molecule has 0 aliphatic rings. The molecule has 0 bridgehead atoms. The summed E-state index contributed by atoms with van der Waals surface area (Å²) in [5.74, 6) is -0.399. The number of fused-ring (bicyclic) bond motifs is 1. The Morgan fingerprint density at radius 1 is 1.42 bits per heavy atom. The lowest BCUT2D eigenvalue weighted by Gasteiger charge is -2.28. The SMILES string of the molecule is CN(c1ccc2c(c1)oc(=O)n2C)C(CO)CCO. The molecule has 1 atom stereocenters. The average Bonchev–Trinajstić information content (AvgIpc) is 2.70. The number of rotatable bonds is 5. The first-order valence-corrected chi connectivity index (χ1v) is 6.12. The lowest BCUT2D eigenvalue weighted by molar-refractivity contribution is 0.218. The van der Waals surface area contributed by atoms with Gasteiger partial charge in [0.05, 0.1) is 18.2 Å². The second-order valence-corrected chi connectivity index (χ2v) is 4.54. The first-order valence-electron chi connectivity index (χ1n) is 6.12. The van der Waals surface area contributed by atoms with E-state index in [1.807, 2.05) is 18.0 Å². The molecule has 0 aliphatic heterocycles. The molecule has 2 N–H and O–H groups in total. The van der Waals surface area contributed by atoms with Gasteiger partial charge in [0.15, 0.2) is 5.58 Å². The van der Waals surface area contributed by atoms with Crippen LogP contribution in [0.1, 0.15) is 6.42 Å². The lowest BCUT2D eigenvalue weighted by atomic mass is 10.1. The van der Waals surface area contributed by atoms with Gasteiger partial charge in [0.1, 0.15) is 0 Å². The van der Waals surface area contributed by atoms with Crippen molar-refractivity contribution in [3.63, 3.8) is 0 Å². The fourth-order valence-electron chi connectivity index (χ4n) is 2.11. The van der Waals surface area contributed by atoms with Crippen LogP contribution in [0.3, 0.4) is 0 Å². The molecule has 1 aromatic carbocycles. The largest absolute Gasteiger partial charge is 0.419 e. The van der Waals surface area contributed by atoms with Crippen molar-refractivity contribution >= 4 is 16.8 Å². The van der Waals surface area contributed by atoms with Crippen LogP contribution in [0.5, 0.6) is 0 Å². The second kappa shape index (κ2) is 5.46. The van der Waals surface area contributed by atoms with Gasteiger partial charge in [-0.15, -0.1) is 0 Å². The Bertz CT molecular complexity index is 617. The molecule has 6 nitrogen and oxygen atoms in total. The highest BCUT2D eigenvalue weighted by Crippen LogP contribution is 2.22. The summed E-state index contributed by atoms with van der Waals surface area (Å²) in [6.07, 6.45) is 0.476. The molecule has 0 spiro atoms. The van der Waals surface area contributed by atoms with Gasteiger partial charge in [-0.2, -0.15) is 0 Å². The van der Waals surface area contributed by atoms with E-state index in [2.05, 4.69) is 0 Å². The Balaban J connectivity index is 2.37. The van der Waals surface area contributed by atoms with Crippen molar-refractivity contribution in [1.82, 2.24) is 4.57 Å². The molecule has 2 rings (SSSR count). The Hall–Kier alpha value is -1.79. The summed E-state index contributed by atoms with van der Waals surface area (Å²) in [6, 6.07) is 5.26. The summed E-state index contributed by atoms with van der Waals surface area (Å²) in [7, 11) is 3.48. The van der Waals surface area contributed by atoms with Crippen LogP contribution in [0.4, 0.5) is 5.69 Å². The maximum absolute atomic E-state index is 11.4. The molecule has 1 aromatic heterocycles. The van der Waals surface area contributed by atoms with Gasteiger partial charge in [0.2, 0.25) is 0 Å². The maximum atomic E-state index is 11.4. The van der Waals surface area contributed by atoms with E-state index in [1.165, 1.54) is 4.57 Å². The molecule has 0 saturated heterocycles. The zero-order valence-electron chi connectivity index (χ0n) is 11.0. The first-order chi connectivity index (χ1) is 9.08. The Morgan fingerprint density at radius 2 is 2.16 bits per heavy atom. The minimum atomic E-state index is -0.399. The number of aliphatic hydroxyl groups excluding tert-OH is 2. The molecule has 1 unspecified atom stereocenters. The molecular formula is C13H18N2O4. The molecular weight excluding hydrogens is 248 g/mol. The van der Waals surface area contributed by atoms with Gasteiger partial charge in [-0.3, -0.25) is 4.57 Å². The van der Waals surface area contributed by atoms with Crippen LogP contribution in [-0.2, 0) is 7.05 Å². The van der Waals surface area contributed by atoms with Crippen molar-refractivity contribution < 1.29 is 14.6 Å². The van der Waals surface area contributed by atoms with Gasteiger partial charge < -0.3 is 19.5 Å². The van der Waals surface area contributed by atoms with Gasteiger partial charge in [-0.05, 0) is 18.6 Å². The molecule has 19 heavy (non-hydrogen) atoms. The third-order valence-corrected chi connectivity index (χ3v) is 3.40. The Morgan fingerprint density at radius 3 is 2.79 bits per heavy atom. The molecule has 104 valence electrons. The molecule has 1 heterocycles. The van der Waals surface area contributed by atoms with Crippen molar-refractivity contribution in [3.05, 3.63) is 28.7 Å². The average molecular weight is 266 g/mol. The van der Waals surface area contributed by atoms with Crippen molar-refractivity contribution in [1.29, 1.82) is 0 Å². The van der Waals surface area contributed by atoms with Crippen molar-refractivity contribution in [2.75, 3.05) is 25.2 Å². The minimum Gasteiger partial charge on any atom is -0.408 e. The minimum absolute atomic E-state index is 0.0121. The van der Waals surface area contributed by atoms with Gasteiger partial charge in [-0.1, -0.05) is 0 Å². The number of hydrogen-bond acceptors (Lipinski definition) is 5. The summed E-state index contributed by atoms with van der Waals surface area (Å²) in [4.78, 5) is 13.3. The van der Waals surface area contributed by atoms with Crippen LogP contribution in [-0.4, -0.2) is 41.1 Å². The van der Waals surface area contributed by atoms with Crippen LogP contribution >= 0.6 is 0 Å². The molecule has 0 fully saturated rings. The third kappa shape index (κ3) is 2.50. The zero-order chi connectivity index (χ0) is 14.0. The van der Waals surface area contributed by atoms with E-state index in [4.69, 9.17) is 9.52 Å². The normalized spacial score (nSPS) is 12.8. The highest BCUT2D eigenvalue weighted by molar-refractivity contribution is 5.77. The Kier molecular flexibility index (Phi) is 3.92. The molecule has 0 amide bonds. The summed E-state index contributed by atoms with van der Waals surface area (Å²) in [6.45, 7) is -0.0356. The number of anilines is 1. The quantitative estimate of drug-likeness (QED) is 0.814. The number of hydrogen-bond donors (Lipinski definition) is 2. The fraction of sp³-hybridized carbons (Fsp3) is 0.462. The summed E-state index contributed by atoms with van der Waals surface area (Å²) < 4.78 is 6.57. The van der Waals surface area contributed by atoms with Crippen molar-refractivity contribution in [2.45, 2.75) is 12.5 Å². The molecule has 0 radical (unpaired) electrons. The standard InChI is InChI=1S/C13H18N2O4/c1-14(10(8-17)5-6-16)9-3-4-11-12(7-9)19-13(18)15(11)2/h3-4,7,10,16-17H,5-6,8H2,1-2H3. The van der Waals surface area contributed by atoms with E-state index in [1.54, 1.807) is 19.2 Å². The number of oxazole rings is 1. The summed E-state index contributed by atoms with van der Waals surface area (Å²) in [5, 5.41) is 18.3. The van der Waals surface area contributed by atoms with E-state index >= 15 is 0 Å². The fourth-order valence-corrected chi connectivity index (χ4v) is 2.11. The van der Waals surface area contributed by atoms with E-state index in [-0.39, 0.29) is 19.3 Å². The predicted octanol–water partition coefficient (Wildman–Crippen LogP) is 0.311. The predicted molar refractivity (Wildman–Crippen MR) is 72.4 cm³/mol. The third-order valence-electron chi connectivity index (χ3n) is 3.40. The number of aromatic nitrogens is 1. The number of aliphatic hydroxyl groups is 2.